The normalized spacial score (nSPS) is 12.7. The van der Waals surface area contributed by atoms with Crippen molar-refractivity contribution in [1.29, 1.82) is 0 Å². The Morgan fingerprint density at radius 1 is 1.05 bits per heavy atom. The minimum atomic E-state index is -4.73. The van der Waals surface area contributed by atoms with Crippen molar-refractivity contribution >= 4 is 11.6 Å². The zero-order valence-corrected chi connectivity index (χ0v) is 10.9. The molecule has 0 aliphatic rings. The third-order valence-electron chi connectivity index (χ3n) is 2.68. The Labute approximate surface area is 119 Å². The molecule has 0 saturated heterocycles. The summed E-state index contributed by atoms with van der Waals surface area (Å²) in [6, 6.07) is 3.12. The van der Waals surface area contributed by atoms with Crippen LogP contribution >= 0.6 is 11.6 Å². The van der Waals surface area contributed by atoms with Gasteiger partial charge in [-0.1, -0.05) is 6.07 Å². The Morgan fingerprint density at radius 3 is 2.19 bits per heavy atom. The van der Waals surface area contributed by atoms with Crippen molar-refractivity contribution in [3.63, 3.8) is 0 Å². The zero-order chi connectivity index (χ0) is 15.8. The van der Waals surface area contributed by atoms with Crippen LogP contribution in [0, 0.1) is 0 Å². The van der Waals surface area contributed by atoms with Gasteiger partial charge in [-0.25, -0.2) is 4.68 Å². The molecule has 0 bridgehead atoms. The Bertz CT molecular complexity index is 644. The largest absolute Gasteiger partial charge is 0.419 e. The highest BCUT2D eigenvalue weighted by atomic mass is 35.5. The summed E-state index contributed by atoms with van der Waals surface area (Å²) in [7, 11) is 0. The van der Waals surface area contributed by atoms with Crippen molar-refractivity contribution in [3.05, 3.63) is 47.3 Å². The molecular weight excluding hydrogens is 322 g/mol. The Kier molecular flexibility index (Phi) is 3.92. The van der Waals surface area contributed by atoms with E-state index in [1.165, 1.54) is 6.07 Å². The number of nitrogens with zero attached hydrogens (tertiary/aromatic N) is 2. The molecule has 1 heterocycles. The summed E-state index contributed by atoms with van der Waals surface area (Å²) in [5, 5.41) is 3.35. The van der Waals surface area contributed by atoms with E-state index in [4.69, 9.17) is 11.6 Å². The van der Waals surface area contributed by atoms with Crippen LogP contribution < -0.4 is 0 Å². The summed E-state index contributed by atoms with van der Waals surface area (Å²) in [6.07, 6.45) is -8.44. The second kappa shape index (κ2) is 5.25. The van der Waals surface area contributed by atoms with Crippen LogP contribution in [0.1, 0.15) is 16.7 Å². The first-order valence-electron chi connectivity index (χ1n) is 5.51. The first kappa shape index (κ1) is 15.7. The molecule has 0 saturated carbocycles. The number of benzene rings is 1. The molecule has 0 fully saturated rings. The number of hydrogen-bond acceptors (Lipinski definition) is 1. The van der Waals surface area contributed by atoms with Crippen molar-refractivity contribution in [1.82, 2.24) is 9.78 Å². The van der Waals surface area contributed by atoms with E-state index in [0.29, 0.717) is 17.1 Å². The molecule has 0 aliphatic heterocycles. The fourth-order valence-corrected chi connectivity index (χ4v) is 1.86. The van der Waals surface area contributed by atoms with Crippen molar-refractivity contribution in [2.75, 3.05) is 0 Å². The average Bonchev–Trinajstić information content (AvgIpc) is 2.86. The lowest BCUT2D eigenvalue weighted by Gasteiger charge is -2.14. The summed E-state index contributed by atoms with van der Waals surface area (Å²) < 4.78 is 76.9. The van der Waals surface area contributed by atoms with E-state index in [-0.39, 0.29) is 11.4 Å². The second-order valence-electron chi connectivity index (χ2n) is 4.15. The fourth-order valence-electron chi connectivity index (χ4n) is 1.69. The van der Waals surface area contributed by atoms with Crippen molar-refractivity contribution < 1.29 is 26.3 Å². The quantitative estimate of drug-likeness (QED) is 0.579. The summed E-state index contributed by atoms with van der Waals surface area (Å²) in [5.41, 5.74) is -2.52. The zero-order valence-electron chi connectivity index (χ0n) is 10.1. The summed E-state index contributed by atoms with van der Waals surface area (Å²) in [5.74, 6) is -0.143. The smallest absolute Gasteiger partial charge is 0.240 e. The van der Waals surface area contributed by atoms with Gasteiger partial charge in [0.2, 0.25) is 0 Å². The monoisotopic (exact) mass is 328 g/mol. The Morgan fingerprint density at radius 2 is 1.71 bits per heavy atom. The summed E-state index contributed by atoms with van der Waals surface area (Å²) in [4.78, 5) is 0. The molecule has 0 radical (unpaired) electrons. The van der Waals surface area contributed by atoms with Gasteiger partial charge in [-0.2, -0.15) is 31.4 Å². The van der Waals surface area contributed by atoms with E-state index in [1.807, 2.05) is 0 Å². The molecule has 114 valence electrons. The van der Waals surface area contributed by atoms with Gasteiger partial charge in [0.1, 0.15) is 0 Å². The van der Waals surface area contributed by atoms with Crippen LogP contribution in [0.5, 0.6) is 0 Å². The molecule has 2 nitrogen and oxygen atoms in total. The van der Waals surface area contributed by atoms with Crippen LogP contribution in [-0.2, 0) is 18.2 Å². The van der Waals surface area contributed by atoms with Gasteiger partial charge in [0.25, 0.3) is 0 Å². The highest BCUT2D eigenvalue weighted by Crippen LogP contribution is 2.36. The minimum absolute atomic E-state index is 0.143. The predicted molar refractivity (Wildman–Crippen MR) is 63.1 cm³/mol. The SMILES string of the molecule is FC(F)(F)c1cnn(-c2ccc(CCl)cc2C(F)(F)F)c1. The molecule has 0 N–H and O–H groups in total. The molecule has 1 aromatic heterocycles. The first-order chi connectivity index (χ1) is 9.63. The van der Waals surface area contributed by atoms with E-state index in [2.05, 4.69) is 5.10 Å². The van der Waals surface area contributed by atoms with Crippen molar-refractivity contribution in [2.24, 2.45) is 0 Å². The first-order valence-corrected chi connectivity index (χ1v) is 6.04. The van der Waals surface area contributed by atoms with Gasteiger partial charge in [0.05, 0.1) is 23.0 Å². The summed E-state index contributed by atoms with van der Waals surface area (Å²) in [6.45, 7) is 0. The highest BCUT2D eigenvalue weighted by Gasteiger charge is 2.36. The molecule has 0 aliphatic carbocycles. The second-order valence-corrected chi connectivity index (χ2v) is 4.42. The third-order valence-corrected chi connectivity index (χ3v) is 2.99. The van der Waals surface area contributed by atoms with E-state index >= 15 is 0 Å². The third kappa shape index (κ3) is 3.31. The van der Waals surface area contributed by atoms with Crippen molar-refractivity contribution in [2.45, 2.75) is 18.2 Å². The van der Waals surface area contributed by atoms with E-state index in [1.54, 1.807) is 0 Å². The molecule has 0 spiro atoms. The molecule has 0 unspecified atom stereocenters. The number of aromatic nitrogens is 2. The van der Waals surface area contributed by atoms with Gasteiger partial charge < -0.3 is 0 Å². The van der Waals surface area contributed by atoms with Crippen LogP contribution in [-0.4, -0.2) is 9.78 Å². The molecule has 21 heavy (non-hydrogen) atoms. The fraction of sp³-hybridized carbons (Fsp3) is 0.250. The Hall–Kier alpha value is -1.70. The van der Waals surface area contributed by atoms with Crippen LogP contribution in [0.2, 0.25) is 0 Å². The summed E-state index contributed by atoms with van der Waals surface area (Å²) >= 11 is 5.47. The van der Waals surface area contributed by atoms with Crippen LogP contribution in [0.25, 0.3) is 5.69 Å². The maximum atomic E-state index is 13.0. The van der Waals surface area contributed by atoms with Crippen molar-refractivity contribution in [3.8, 4) is 5.69 Å². The van der Waals surface area contributed by atoms with Gasteiger partial charge >= 0.3 is 12.4 Å². The lowest BCUT2D eigenvalue weighted by molar-refractivity contribution is -0.137. The Balaban J connectivity index is 2.56. The molecule has 1 aromatic carbocycles. The standard InChI is InChI=1S/C12H7ClF6N2/c13-4-7-1-2-10(9(3-7)12(17,18)19)21-6-8(5-20-21)11(14,15)16/h1-3,5-6H,4H2. The maximum absolute atomic E-state index is 13.0. The molecule has 2 aromatic rings. The molecule has 0 amide bonds. The average molecular weight is 329 g/mol. The number of halogens is 7. The number of alkyl halides is 7. The lowest BCUT2D eigenvalue weighted by Crippen LogP contribution is -2.12. The van der Waals surface area contributed by atoms with Crippen LogP contribution in [0.4, 0.5) is 26.3 Å². The van der Waals surface area contributed by atoms with Gasteiger partial charge in [0, 0.05) is 12.1 Å². The predicted octanol–water partition coefficient (Wildman–Crippen LogP) is 4.65. The van der Waals surface area contributed by atoms with Gasteiger partial charge in [-0.3, -0.25) is 0 Å². The topological polar surface area (TPSA) is 17.8 Å². The van der Waals surface area contributed by atoms with Crippen LogP contribution in [0.3, 0.4) is 0 Å². The minimum Gasteiger partial charge on any atom is -0.240 e. The molecule has 0 atom stereocenters. The van der Waals surface area contributed by atoms with Gasteiger partial charge in [0.15, 0.2) is 0 Å². The molecule has 9 heteroatoms. The lowest BCUT2D eigenvalue weighted by atomic mass is 10.1. The molecular formula is C12H7ClF6N2. The number of hydrogen-bond donors (Lipinski definition) is 0. The highest BCUT2D eigenvalue weighted by molar-refractivity contribution is 6.17. The van der Waals surface area contributed by atoms with Gasteiger partial charge in [-0.15, -0.1) is 11.6 Å². The maximum Gasteiger partial charge on any atom is 0.419 e. The number of rotatable bonds is 2. The van der Waals surface area contributed by atoms with Crippen LogP contribution in [0.15, 0.2) is 30.6 Å². The van der Waals surface area contributed by atoms with E-state index in [0.717, 1.165) is 12.1 Å². The van der Waals surface area contributed by atoms with Gasteiger partial charge in [-0.05, 0) is 17.7 Å². The van der Waals surface area contributed by atoms with E-state index < -0.39 is 29.2 Å². The molecule has 2 rings (SSSR count). The van der Waals surface area contributed by atoms with E-state index in [9.17, 15) is 26.3 Å².